The molecule has 0 saturated heterocycles. The van der Waals surface area contributed by atoms with E-state index in [4.69, 9.17) is 0 Å². The Bertz CT molecular complexity index is 764. The molecule has 0 atom stereocenters. The molecule has 122 valence electrons. The lowest BCUT2D eigenvalue weighted by Crippen LogP contribution is -2.16. The van der Waals surface area contributed by atoms with Crippen LogP contribution in [0.15, 0.2) is 34.2 Å². The highest BCUT2D eigenvalue weighted by Gasteiger charge is 2.28. The number of aromatic nitrogens is 3. The van der Waals surface area contributed by atoms with Gasteiger partial charge >= 0.3 is 5.69 Å². The summed E-state index contributed by atoms with van der Waals surface area (Å²) in [6, 6.07) is 8.02. The van der Waals surface area contributed by atoms with E-state index in [1.54, 1.807) is 4.57 Å². The third kappa shape index (κ3) is 3.58. The molecule has 0 unspecified atom stereocenters. The standard InChI is InChI=1S/C17H21N3O2S/c1-17(2,3)12-6-4-11(5-7-12)14(21)10-23-16-19-18-15(22)20(16)13-8-9-13/h4-7,13H,8-10H2,1-3H3,(H,18,22). The topological polar surface area (TPSA) is 67.8 Å². The Morgan fingerprint density at radius 1 is 1.30 bits per heavy atom. The van der Waals surface area contributed by atoms with E-state index in [9.17, 15) is 9.59 Å². The molecule has 0 amide bonds. The van der Waals surface area contributed by atoms with Gasteiger partial charge in [-0.05, 0) is 23.8 Å². The van der Waals surface area contributed by atoms with Crippen LogP contribution >= 0.6 is 11.8 Å². The predicted octanol–water partition coefficient (Wildman–Crippen LogP) is 3.18. The van der Waals surface area contributed by atoms with Crippen LogP contribution < -0.4 is 5.69 Å². The molecule has 1 aromatic carbocycles. The van der Waals surface area contributed by atoms with Crippen molar-refractivity contribution in [2.24, 2.45) is 0 Å². The number of H-pyrrole nitrogens is 1. The van der Waals surface area contributed by atoms with Gasteiger partial charge in [0.25, 0.3) is 0 Å². The van der Waals surface area contributed by atoms with Gasteiger partial charge in [-0.25, -0.2) is 9.89 Å². The van der Waals surface area contributed by atoms with Crippen molar-refractivity contribution < 1.29 is 4.79 Å². The number of ketones is 1. The molecular weight excluding hydrogens is 310 g/mol. The minimum atomic E-state index is -0.183. The number of hydrogen-bond donors (Lipinski definition) is 1. The average Bonchev–Trinajstić information content (AvgIpc) is 3.27. The summed E-state index contributed by atoms with van der Waals surface area (Å²) >= 11 is 1.32. The number of nitrogens with zero attached hydrogens (tertiary/aromatic N) is 2. The summed E-state index contributed by atoms with van der Waals surface area (Å²) in [6.45, 7) is 6.44. The first-order valence-electron chi connectivity index (χ1n) is 7.80. The normalized spacial score (nSPS) is 14.9. The molecule has 0 radical (unpaired) electrons. The van der Waals surface area contributed by atoms with Crippen LogP contribution in [0, 0.1) is 0 Å². The Morgan fingerprint density at radius 2 is 1.96 bits per heavy atom. The highest BCUT2D eigenvalue weighted by atomic mass is 32.2. The van der Waals surface area contributed by atoms with Gasteiger partial charge in [0.05, 0.1) is 5.75 Å². The van der Waals surface area contributed by atoms with Crippen LogP contribution in [0.1, 0.15) is 55.6 Å². The number of thioether (sulfide) groups is 1. The maximum Gasteiger partial charge on any atom is 0.344 e. The van der Waals surface area contributed by atoms with Crippen LogP contribution in [0.2, 0.25) is 0 Å². The van der Waals surface area contributed by atoms with Crippen LogP contribution in [0.3, 0.4) is 0 Å². The predicted molar refractivity (Wildman–Crippen MR) is 91.3 cm³/mol. The average molecular weight is 331 g/mol. The lowest BCUT2D eigenvalue weighted by molar-refractivity contribution is 0.102. The number of benzene rings is 1. The molecule has 6 heteroatoms. The minimum absolute atomic E-state index is 0.0493. The molecule has 1 fully saturated rings. The zero-order valence-electron chi connectivity index (χ0n) is 13.6. The number of Topliss-reactive ketones (excluding diaryl/α,β-unsaturated/α-hetero) is 1. The molecule has 3 rings (SSSR count). The molecule has 1 aliphatic carbocycles. The number of nitrogens with one attached hydrogen (secondary N) is 1. The molecule has 1 aliphatic rings. The fourth-order valence-electron chi connectivity index (χ4n) is 2.42. The summed E-state index contributed by atoms with van der Waals surface area (Å²) in [7, 11) is 0. The number of rotatable bonds is 5. The van der Waals surface area contributed by atoms with Crippen molar-refractivity contribution in [1.82, 2.24) is 14.8 Å². The number of aromatic amines is 1. The Labute approximate surface area is 139 Å². The first-order chi connectivity index (χ1) is 10.9. The summed E-state index contributed by atoms with van der Waals surface area (Å²) in [5.74, 6) is 0.333. The quantitative estimate of drug-likeness (QED) is 0.675. The van der Waals surface area contributed by atoms with Gasteiger partial charge in [-0.2, -0.15) is 0 Å². The highest BCUT2D eigenvalue weighted by Crippen LogP contribution is 2.36. The van der Waals surface area contributed by atoms with Crippen LogP contribution in [-0.2, 0) is 5.41 Å². The summed E-state index contributed by atoms with van der Waals surface area (Å²) < 4.78 is 1.67. The fourth-order valence-corrected chi connectivity index (χ4v) is 3.32. The molecule has 0 aliphatic heterocycles. The van der Waals surface area contributed by atoms with Gasteiger partial charge in [0.2, 0.25) is 0 Å². The summed E-state index contributed by atoms with van der Waals surface area (Å²) in [4.78, 5) is 24.1. The van der Waals surface area contributed by atoms with Crippen LogP contribution in [-0.4, -0.2) is 26.3 Å². The van der Waals surface area contributed by atoms with E-state index in [0.717, 1.165) is 12.8 Å². The fraction of sp³-hybridized carbons (Fsp3) is 0.471. The van der Waals surface area contributed by atoms with E-state index >= 15 is 0 Å². The second kappa shape index (κ2) is 6.00. The Morgan fingerprint density at radius 3 is 2.52 bits per heavy atom. The largest absolute Gasteiger partial charge is 0.344 e. The minimum Gasteiger partial charge on any atom is -0.293 e. The van der Waals surface area contributed by atoms with E-state index in [0.29, 0.717) is 10.7 Å². The van der Waals surface area contributed by atoms with Crippen molar-refractivity contribution in [2.45, 2.75) is 50.2 Å². The maximum absolute atomic E-state index is 12.3. The summed E-state index contributed by atoms with van der Waals surface area (Å²) in [5.41, 5.74) is 1.79. The SMILES string of the molecule is CC(C)(C)c1ccc(C(=O)CSc2n[nH]c(=O)n2C2CC2)cc1. The van der Waals surface area contributed by atoms with Crippen molar-refractivity contribution in [3.63, 3.8) is 0 Å². The highest BCUT2D eigenvalue weighted by molar-refractivity contribution is 7.99. The molecule has 1 N–H and O–H groups in total. The second-order valence-corrected chi connectivity index (χ2v) is 7.89. The first-order valence-corrected chi connectivity index (χ1v) is 8.78. The molecule has 0 bridgehead atoms. The van der Waals surface area contributed by atoms with E-state index in [-0.39, 0.29) is 28.7 Å². The molecule has 23 heavy (non-hydrogen) atoms. The second-order valence-electron chi connectivity index (χ2n) is 6.95. The van der Waals surface area contributed by atoms with E-state index in [1.807, 2.05) is 24.3 Å². The van der Waals surface area contributed by atoms with Crippen LogP contribution in [0.4, 0.5) is 0 Å². The van der Waals surface area contributed by atoms with E-state index in [2.05, 4.69) is 31.0 Å². The van der Waals surface area contributed by atoms with E-state index in [1.165, 1.54) is 17.3 Å². The maximum atomic E-state index is 12.3. The van der Waals surface area contributed by atoms with E-state index < -0.39 is 0 Å². The molecule has 0 spiro atoms. The Balaban J connectivity index is 1.67. The lowest BCUT2D eigenvalue weighted by atomic mass is 9.86. The van der Waals surface area contributed by atoms with Gasteiger partial charge in [-0.3, -0.25) is 9.36 Å². The molecule has 2 aromatic rings. The number of carbonyl (C=O) groups is 1. The van der Waals surface area contributed by atoms with Gasteiger partial charge in [-0.1, -0.05) is 56.8 Å². The van der Waals surface area contributed by atoms with Crippen LogP contribution in [0.5, 0.6) is 0 Å². The van der Waals surface area contributed by atoms with Crippen molar-refractivity contribution in [3.8, 4) is 0 Å². The summed E-state index contributed by atoms with van der Waals surface area (Å²) in [5, 5.41) is 7.11. The van der Waals surface area contributed by atoms with Gasteiger partial charge in [0.1, 0.15) is 0 Å². The van der Waals surface area contributed by atoms with Gasteiger partial charge in [0.15, 0.2) is 10.9 Å². The number of carbonyl (C=O) groups excluding carboxylic acids is 1. The van der Waals surface area contributed by atoms with Crippen molar-refractivity contribution in [3.05, 3.63) is 45.9 Å². The summed E-state index contributed by atoms with van der Waals surface area (Å²) in [6.07, 6.45) is 2.02. The van der Waals surface area contributed by atoms with Gasteiger partial charge in [0, 0.05) is 11.6 Å². The molecule has 1 heterocycles. The van der Waals surface area contributed by atoms with Crippen LogP contribution in [0.25, 0.3) is 0 Å². The van der Waals surface area contributed by atoms with Crippen molar-refractivity contribution >= 4 is 17.5 Å². The smallest absolute Gasteiger partial charge is 0.293 e. The third-order valence-electron chi connectivity index (χ3n) is 3.99. The molecule has 5 nitrogen and oxygen atoms in total. The Kier molecular flexibility index (Phi) is 4.19. The lowest BCUT2D eigenvalue weighted by Gasteiger charge is -2.18. The molecular formula is C17H21N3O2S. The molecule has 1 aromatic heterocycles. The zero-order valence-corrected chi connectivity index (χ0v) is 14.4. The van der Waals surface area contributed by atoms with Gasteiger partial charge in [-0.15, -0.1) is 5.10 Å². The monoisotopic (exact) mass is 331 g/mol. The zero-order chi connectivity index (χ0) is 16.6. The molecule has 1 saturated carbocycles. The number of hydrogen-bond acceptors (Lipinski definition) is 4. The third-order valence-corrected chi connectivity index (χ3v) is 4.94. The van der Waals surface area contributed by atoms with Gasteiger partial charge < -0.3 is 0 Å². The first kappa shape index (κ1) is 16.1. The Hall–Kier alpha value is -1.82. The van der Waals surface area contributed by atoms with Crippen molar-refractivity contribution in [1.29, 1.82) is 0 Å². The van der Waals surface area contributed by atoms with Crippen molar-refractivity contribution in [2.75, 3.05) is 5.75 Å².